The quantitative estimate of drug-likeness (QED) is 0.820. The first kappa shape index (κ1) is 10.7. The summed E-state index contributed by atoms with van der Waals surface area (Å²) in [5, 5.41) is 0. The number of hydrogen-bond donors (Lipinski definition) is 1. The van der Waals surface area contributed by atoms with E-state index in [1.165, 1.54) is 18.4 Å². The Morgan fingerprint density at radius 2 is 2.13 bits per heavy atom. The van der Waals surface area contributed by atoms with Gasteiger partial charge >= 0.3 is 0 Å². The van der Waals surface area contributed by atoms with Crippen LogP contribution in [-0.2, 0) is 4.74 Å². The summed E-state index contributed by atoms with van der Waals surface area (Å²) in [6.07, 6.45) is 2.42. The maximum absolute atomic E-state index is 5.88. The van der Waals surface area contributed by atoms with Gasteiger partial charge in [0, 0.05) is 12.5 Å². The summed E-state index contributed by atoms with van der Waals surface area (Å²) < 4.78 is 5.53. The van der Waals surface area contributed by atoms with Crippen molar-refractivity contribution in [2.45, 2.75) is 18.8 Å². The summed E-state index contributed by atoms with van der Waals surface area (Å²) >= 11 is 0. The second-order valence-corrected chi connectivity index (χ2v) is 4.23. The summed E-state index contributed by atoms with van der Waals surface area (Å²) in [6.45, 7) is 2.51. The molecule has 82 valence electrons. The Morgan fingerprint density at radius 3 is 2.73 bits per heavy atom. The van der Waals surface area contributed by atoms with Crippen LogP contribution < -0.4 is 5.73 Å². The Morgan fingerprint density at radius 1 is 1.33 bits per heavy atom. The van der Waals surface area contributed by atoms with Gasteiger partial charge in [0.1, 0.15) is 0 Å². The van der Waals surface area contributed by atoms with Crippen molar-refractivity contribution in [3.63, 3.8) is 0 Å². The lowest BCUT2D eigenvalue weighted by molar-refractivity contribution is 0.0450. The second-order valence-electron chi connectivity index (χ2n) is 4.23. The van der Waals surface area contributed by atoms with Gasteiger partial charge in [0.05, 0.1) is 6.61 Å². The van der Waals surface area contributed by atoms with Gasteiger partial charge in [-0.2, -0.15) is 0 Å². The molecule has 1 aliphatic rings. The van der Waals surface area contributed by atoms with Crippen LogP contribution in [0.25, 0.3) is 0 Å². The highest BCUT2D eigenvalue weighted by atomic mass is 16.5. The van der Waals surface area contributed by atoms with Crippen LogP contribution in [0.15, 0.2) is 30.3 Å². The number of benzene rings is 1. The highest BCUT2D eigenvalue weighted by Gasteiger charge is 2.24. The van der Waals surface area contributed by atoms with Crippen LogP contribution in [0.3, 0.4) is 0 Å². The smallest absolute Gasteiger partial charge is 0.0500 e. The Bertz CT molecular complexity index is 280. The first-order valence-corrected chi connectivity index (χ1v) is 5.74. The van der Waals surface area contributed by atoms with Gasteiger partial charge in [-0.3, -0.25) is 0 Å². The van der Waals surface area contributed by atoms with Gasteiger partial charge in [0.2, 0.25) is 0 Å². The molecule has 0 radical (unpaired) electrons. The Labute approximate surface area is 91.4 Å². The number of nitrogens with two attached hydrogens (primary N) is 1. The maximum atomic E-state index is 5.88. The minimum absolute atomic E-state index is 0.464. The van der Waals surface area contributed by atoms with E-state index in [1.807, 2.05) is 0 Å². The van der Waals surface area contributed by atoms with Crippen LogP contribution in [0, 0.1) is 5.92 Å². The van der Waals surface area contributed by atoms with E-state index in [9.17, 15) is 0 Å². The molecule has 1 aromatic carbocycles. The molecule has 15 heavy (non-hydrogen) atoms. The van der Waals surface area contributed by atoms with Crippen LogP contribution in [0.4, 0.5) is 0 Å². The third kappa shape index (κ3) is 2.58. The fourth-order valence-electron chi connectivity index (χ4n) is 2.38. The minimum Gasteiger partial charge on any atom is -0.381 e. The predicted molar refractivity (Wildman–Crippen MR) is 61.8 cm³/mol. The molecule has 0 bridgehead atoms. The zero-order chi connectivity index (χ0) is 10.5. The van der Waals surface area contributed by atoms with Gasteiger partial charge in [0.25, 0.3) is 0 Å². The van der Waals surface area contributed by atoms with Crippen molar-refractivity contribution < 1.29 is 4.74 Å². The molecule has 1 aromatic rings. The SMILES string of the molecule is NCC(c1ccccc1)C1CCCOC1. The molecule has 2 nitrogen and oxygen atoms in total. The van der Waals surface area contributed by atoms with Crippen LogP contribution in [0.2, 0.25) is 0 Å². The molecule has 0 spiro atoms. The average molecular weight is 205 g/mol. The largest absolute Gasteiger partial charge is 0.381 e. The molecule has 2 unspecified atom stereocenters. The Kier molecular flexibility index (Phi) is 3.75. The molecule has 1 aliphatic heterocycles. The highest BCUT2D eigenvalue weighted by molar-refractivity contribution is 5.20. The van der Waals surface area contributed by atoms with Crippen molar-refractivity contribution in [1.29, 1.82) is 0 Å². The van der Waals surface area contributed by atoms with E-state index < -0.39 is 0 Å². The monoisotopic (exact) mass is 205 g/mol. The lowest BCUT2D eigenvalue weighted by Crippen LogP contribution is -2.28. The lowest BCUT2D eigenvalue weighted by atomic mass is 9.83. The van der Waals surface area contributed by atoms with Crippen molar-refractivity contribution in [3.8, 4) is 0 Å². The van der Waals surface area contributed by atoms with Crippen LogP contribution in [0.5, 0.6) is 0 Å². The molecule has 0 aliphatic carbocycles. The van der Waals surface area contributed by atoms with Gasteiger partial charge in [-0.15, -0.1) is 0 Å². The molecule has 1 heterocycles. The van der Waals surface area contributed by atoms with Crippen LogP contribution >= 0.6 is 0 Å². The predicted octanol–water partition coefficient (Wildman–Crippen LogP) is 2.16. The minimum atomic E-state index is 0.464. The molecule has 0 aromatic heterocycles. The molecule has 2 N–H and O–H groups in total. The molecular weight excluding hydrogens is 186 g/mol. The summed E-state index contributed by atoms with van der Waals surface area (Å²) in [6, 6.07) is 10.6. The molecule has 0 saturated carbocycles. The number of rotatable bonds is 3. The molecule has 2 rings (SSSR count). The van der Waals surface area contributed by atoms with Gasteiger partial charge < -0.3 is 10.5 Å². The highest BCUT2D eigenvalue weighted by Crippen LogP contribution is 2.29. The third-order valence-corrected chi connectivity index (χ3v) is 3.25. The molecule has 0 amide bonds. The zero-order valence-corrected chi connectivity index (χ0v) is 9.06. The van der Waals surface area contributed by atoms with Crippen molar-refractivity contribution in [2.24, 2.45) is 11.7 Å². The van der Waals surface area contributed by atoms with Crippen molar-refractivity contribution >= 4 is 0 Å². The normalized spacial score (nSPS) is 23.7. The standard InChI is InChI=1S/C13H19NO/c14-9-13(11-5-2-1-3-6-11)12-7-4-8-15-10-12/h1-3,5-6,12-13H,4,7-10,14H2. The van der Waals surface area contributed by atoms with E-state index >= 15 is 0 Å². The van der Waals surface area contributed by atoms with E-state index in [4.69, 9.17) is 10.5 Å². The second kappa shape index (κ2) is 5.29. The first-order valence-electron chi connectivity index (χ1n) is 5.74. The summed E-state index contributed by atoms with van der Waals surface area (Å²) in [4.78, 5) is 0. The van der Waals surface area contributed by atoms with E-state index in [0.717, 1.165) is 19.8 Å². The average Bonchev–Trinajstić information content (AvgIpc) is 2.33. The van der Waals surface area contributed by atoms with E-state index in [-0.39, 0.29) is 0 Å². The lowest BCUT2D eigenvalue weighted by Gasteiger charge is -2.29. The topological polar surface area (TPSA) is 35.2 Å². The van der Waals surface area contributed by atoms with Crippen LogP contribution in [-0.4, -0.2) is 19.8 Å². The summed E-state index contributed by atoms with van der Waals surface area (Å²) in [5.74, 6) is 1.07. The molecule has 2 atom stereocenters. The van der Waals surface area contributed by atoms with Gasteiger partial charge in [0.15, 0.2) is 0 Å². The fourth-order valence-corrected chi connectivity index (χ4v) is 2.38. The van der Waals surface area contributed by atoms with Crippen molar-refractivity contribution in [2.75, 3.05) is 19.8 Å². The fraction of sp³-hybridized carbons (Fsp3) is 0.538. The maximum Gasteiger partial charge on any atom is 0.0500 e. The first-order chi connectivity index (χ1) is 7.42. The third-order valence-electron chi connectivity index (χ3n) is 3.25. The summed E-state index contributed by atoms with van der Waals surface area (Å²) in [7, 11) is 0. The van der Waals surface area contributed by atoms with Gasteiger partial charge in [-0.1, -0.05) is 30.3 Å². The molecule has 2 heteroatoms. The summed E-state index contributed by atoms with van der Waals surface area (Å²) in [5.41, 5.74) is 7.24. The molecular formula is C13H19NO. The van der Waals surface area contributed by atoms with E-state index in [1.54, 1.807) is 0 Å². The van der Waals surface area contributed by atoms with Gasteiger partial charge in [-0.05, 0) is 30.9 Å². The molecule has 1 saturated heterocycles. The molecule has 1 fully saturated rings. The van der Waals surface area contributed by atoms with E-state index in [2.05, 4.69) is 30.3 Å². The van der Waals surface area contributed by atoms with E-state index in [0.29, 0.717) is 11.8 Å². The number of ether oxygens (including phenoxy) is 1. The number of hydrogen-bond acceptors (Lipinski definition) is 2. The Balaban J connectivity index is 2.09. The van der Waals surface area contributed by atoms with Crippen LogP contribution in [0.1, 0.15) is 24.3 Å². The Hall–Kier alpha value is -0.860. The van der Waals surface area contributed by atoms with Crippen molar-refractivity contribution in [3.05, 3.63) is 35.9 Å². The van der Waals surface area contributed by atoms with Gasteiger partial charge in [-0.25, -0.2) is 0 Å². The van der Waals surface area contributed by atoms with Crippen molar-refractivity contribution in [1.82, 2.24) is 0 Å². The zero-order valence-electron chi connectivity index (χ0n) is 9.06.